The lowest BCUT2D eigenvalue weighted by molar-refractivity contribution is -0.126. The molecule has 3 aliphatic heterocycles. The van der Waals surface area contributed by atoms with Gasteiger partial charge in [-0.25, -0.2) is 0 Å². The van der Waals surface area contributed by atoms with Gasteiger partial charge in [-0.05, 0) is 18.9 Å². The summed E-state index contributed by atoms with van der Waals surface area (Å²) in [6.45, 7) is 9.18. The smallest absolute Gasteiger partial charge is 0.224 e. The molecule has 0 unspecified atom stereocenters. The number of nitrogens with one attached hydrogen (secondary N) is 2. The summed E-state index contributed by atoms with van der Waals surface area (Å²) in [5.74, 6) is 0.405. The maximum atomic E-state index is 11.9. The van der Waals surface area contributed by atoms with Crippen LogP contribution in [0.4, 0.5) is 0 Å². The Morgan fingerprint density at radius 1 is 1.35 bits per heavy atom. The molecule has 0 spiro atoms. The molecule has 3 saturated heterocycles. The predicted molar refractivity (Wildman–Crippen MR) is 77.2 cm³/mol. The first kappa shape index (κ1) is 13.6. The maximum Gasteiger partial charge on any atom is 0.224 e. The number of amides is 1. The van der Waals surface area contributed by atoms with Crippen molar-refractivity contribution in [2.45, 2.75) is 51.6 Å². The topological polar surface area (TPSA) is 61.0 Å². The van der Waals surface area contributed by atoms with Gasteiger partial charge in [-0.1, -0.05) is 20.8 Å². The van der Waals surface area contributed by atoms with Crippen molar-refractivity contribution in [2.75, 3.05) is 13.1 Å². The lowest BCUT2D eigenvalue weighted by Crippen LogP contribution is -2.43. The number of hydrogen-bond acceptors (Lipinski definition) is 3. The fourth-order valence-corrected chi connectivity index (χ4v) is 3.13. The van der Waals surface area contributed by atoms with Crippen LogP contribution in [0.25, 0.3) is 0 Å². The molecule has 3 aliphatic rings. The van der Waals surface area contributed by atoms with Crippen LogP contribution in [0.2, 0.25) is 0 Å². The number of hydrogen-bond donors (Lipinski definition) is 2. The van der Waals surface area contributed by atoms with Crippen LogP contribution in [0, 0.1) is 5.92 Å². The molecule has 5 nitrogen and oxygen atoms in total. The Hall–Kier alpha value is -1.36. The van der Waals surface area contributed by atoms with E-state index in [0.717, 1.165) is 43.9 Å². The molecule has 2 N–H and O–H groups in total. The number of H-pyrrole nitrogens is 1. The summed E-state index contributed by atoms with van der Waals surface area (Å²) in [5.41, 5.74) is 2.31. The Morgan fingerprint density at radius 2 is 2.15 bits per heavy atom. The monoisotopic (exact) mass is 276 g/mol. The number of nitrogens with zero attached hydrogens (tertiary/aromatic N) is 2. The number of rotatable bonds is 2. The van der Waals surface area contributed by atoms with Gasteiger partial charge < -0.3 is 5.32 Å². The summed E-state index contributed by atoms with van der Waals surface area (Å²) in [6, 6.07) is 2.48. The third-order valence-corrected chi connectivity index (χ3v) is 4.33. The largest absolute Gasteiger partial charge is 0.352 e. The molecule has 0 radical (unpaired) electrons. The Kier molecular flexibility index (Phi) is 3.32. The molecule has 0 aliphatic carbocycles. The van der Waals surface area contributed by atoms with Crippen molar-refractivity contribution in [2.24, 2.45) is 5.92 Å². The third-order valence-electron chi connectivity index (χ3n) is 4.33. The van der Waals surface area contributed by atoms with Crippen molar-refractivity contribution in [3.05, 3.63) is 17.5 Å². The zero-order chi connectivity index (χ0) is 14.3. The number of aromatic amines is 1. The molecule has 0 aromatic carbocycles. The highest BCUT2D eigenvalue weighted by Gasteiger charge is 2.34. The van der Waals surface area contributed by atoms with Gasteiger partial charge in [-0.2, -0.15) is 5.10 Å². The zero-order valence-electron chi connectivity index (χ0n) is 12.6. The number of fused-ring (bicyclic) bond motifs is 4. The normalized spacial score (nSPS) is 27.4. The Balaban J connectivity index is 1.69. The second kappa shape index (κ2) is 4.88. The van der Waals surface area contributed by atoms with Crippen molar-refractivity contribution in [3.8, 4) is 0 Å². The van der Waals surface area contributed by atoms with Crippen molar-refractivity contribution in [1.29, 1.82) is 0 Å². The quantitative estimate of drug-likeness (QED) is 0.859. The van der Waals surface area contributed by atoms with Crippen LogP contribution in [0.5, 0.6) is 0 Å². The standard InChI is InChI=1S/C15H24N4O/c1-15(2,3)13-6-12(17-18-13)9-19-7-10-4-5-11(8-19)16-14(10)20/h6,10-11H,4-5,7-9H2,1-3H3,(H,16,20)(H,17,18)/t10-,11+/m1/s1. The summed E-state index contributed by atoms with van der Waals surface area (Å²) in [7, 11) is 0. The average molecular weight is 276 g/mol. The average Bonchev–Trinajstić information content (AvgIpc) is 2.66. The van der Waals surface area contributed by atoms with Crippen LogP contribution in [0.15, 0.2) is 6.07 Å². The van der Waals surface area contributed by atoms with Crippen LogP contribution in [-0.4, -0.2) is 40.1 Å². The molecule has 20 heavy (non-hydrogen) atoms. The van der Waals surface area contributed by atoms with Gasteiger partial charge in [0.05, 0.1) is 11.6 Å². The van der Waals surface area contributed by atoms with E-state index in [2.05, 4.69) is 47.3 Å². The van der Waals surface area contributed by atoms with E-state index in [-0.39, 0.29) is 17.2 Å². The minimum Gasteiger partial charge on any atom is -0.352 e. The van der Waals surface area contributed by atoms with E-state index in [1.54, 1.807) is 0 Å². The number of aromatic nitrogens is 2. The molecule has 3 fully saturated rings. The van der Waals surface area contributed by atoms with E-state index in [1.807, 2.05) is 0 Å². The van der Waals surface area contributed by atoms with E-state index < -0.39 is 0 Å². The van der Waals surface area contributed by atoms with Crippen LogP contribution in [0.1, 0.15) is 45.0 Å². The molecular weight excluding hydrogens is 252 g/mol. The molecule has 1 aromatic heterocycles. The van der Waals surface area contributed by atoms with Crippen molar-refractivity contribution in [1.82, 2.24) is 20.4 Å². The molecule has 2 bridgehead atoms. The highest BCUT2D eigenvalue weighted by atomic mass is 16.2. The molecule has 0 saturated carbocycles. The Bertz CT molecular complexity index is 502. The second-order valence-electron chi connectivity index (χ2n) is 7.20. The van der Waals surface area contributed by atoms with E-state index in [9.17, 15) is 4.79 Å². The predicted octanol–water partition coefficient (Wildman–Crippen LogP) is 1.42. The van der Waals surface area contributed by atoms with Crippen LogP contribution in [0.3, 0.4) is 0 Å². The van der Waals surface area contributed by atoms with Gasteiger partial charge in [0.25, 0.3) is 0 Å². The maximum absolute atomic E-state index is 11.9. The fourth-order valence-electron chi connectivity index (χ4n) is 3.13. The Morgan fingerprint density at radius 3 is 2.80 bits per heavy atom. The number of carbonyl (C=O) groups excluding carboxylic acids is 1. The van der Waals surface area contributed by atoms with Gasteiger partial charge in [-0.15, -0.1) is 0 Å². The van der Waals surface area contributed by atoms with Crippen molar-refractivity contribution >= 4 is 5.91 Å². The Labute approximate surface area is 120 Å². The van der Waals surface area contributed by atoms with Crippen LogP contribution < -0.4 is 5.32 Å². The third kappa shape index (κ3) is 2.73. The van der Waals surface area contributed by atoms with E-state index >= 15 is 0 Å². The van der Waals surface area contributed by atoms with Gasteiger partial charge in [0.1, 0.15) is 0 Å². The van der Waals surface area contributed by atoms with Crippen LogP contribution in [-0.2, 0) is 16.8 Å². The summed E-state index contributed by atoms with van der Waals surface area (Å²) in [5, 5.41) is 10.7. The first-order chi connectivity index (χ1) is 9.41. The van der Waals surface area contributed by atoms with Crippen molar-refractivity contribution < 1.29 is 4.79 Å². The van der Waals surface area contributed by atoms with Gasteiger partial charge in [0, 0.05) is 36.8 Å². The van der Waals surface area contributed by atoms with Gasteiger partial charge in [0.15, 0.2) is 0 Å². The first-order valence-corrected chi connectivity index (χ1v) is 7.49. The molecule has 1 aromatic rings. The summed E-state index contributed by atoms with van der Waals surface area (Å²) >= 11 is 0. The SMILES string of the molecule is CC(C)(C)c1cc(CN2C[C@@H]3CC[C@H](C2)C(=O)N3)[nH]n1. The molecule has 1 amide bonds. The van der Waals surface area contributed by atoms with Gasteiger partial charge in [0.2, 0.25) is 5.91 Å². The van der Waals surface area contributed by atoms with Gasteiger partial charge >= 0.3 is 0 Å². The van der Waals surface area contributed by atoms with Gasteiger partial charge in [-0.3, -0.25) is 14.8 Å². The van der Waals surface area contributed by atoms with E-state index in [0.29, 0.717) is 6.04 Å². The lowest BCUT2D eigenvalue weighted by Gasteiger charge is -2.22. The fraction of sp³-hybridized carbons (Fsp3) is 0.733. The highest BCUT2D eigenvalue weighted by molar-refractivity contribution is 5.80. The second-order valence-corrected chi connectivity index (χ2v) is 7.20. The molecule has 5 heteroatoms. The van der Waals surface area contributed by atoms with E-state index in [4.69, 9.17) is 0 Å². The summed E-state index contributed by atoms with van der Waals surface area (Å²) < 4.78 is 0. The molecule has 110 valence electrons. The number of carbonyl (C=O) groups is 1. The minimum absolute atomic E-state index is 0.0735. The van der Waals surface area contributed by atoms with Crippen molar-refractivity contribution in [3.63, 3.8) is 0 Å². The van der Waals surface area contributed by atoms with E-state index in [1.165, 1.54) is 0 Å². The molecular formula is C15H24N4O. The lowest BCUT2D eigenvalue weighted by atomic mass is 9.92. The molecule has 4 heterocycles. The van der Waals surface area contributed by atoms with Crippen LogP contribution >= 0.6 is 0 Å². The summed E-state index contributed by atoms with van der Waals surface area (Å²) in [4.78, 5) is 14.2. The minimum atomic E-state index is 0.0735. The zero-order valence-corrected chi connectivity index (χ0v) is 12.6. The first-order valence-electron chi connectivity index (χ1n) is 7.49. The number of piperidine rings is 1. The summed E-state index contributed by atoms with van der Waals surface area (Å²) in [6.07, 6.45) is 2.15. The molecule has 2 atom stereocenters. The molecule has 4 rings (SSSR count). The highest BCUT2D eigenvalue weighted by Crippen LogP contribution is 2.25.